The van der Waals surface area contributed by atoms with Gasteiger partial charge in [0, 0.05) is 37.9 Å². The van der Waals surface area contributed by atoms with Crippen LogP contribution < -0.4 is 0 Å². The van der Waals surface area contributed by atoms with Gasteiger partial charge >= 0.3 is 0 Å². The number of amides is 1. The Labute approximate surface area is 130 Å². The number of carbonyl (C=O) groups is 2. The summed E-state index contributed by atoms with van der Waals surface area (Å²) in [6.45, 7) is 5.77. The fraction of sp³-hybridized carbons (Fsp3) is 0.688. The molecule has 3 rings (SSSR count). The predicted molar refractivity (Wildman–Crippen MR) is 80.4 cm³/mol. The maximum Gasteiger partial charge on any atom is 0.242 e. The maximum absolute atomic E-state index is 12.5. The molecule has 6 nitrogen and oxygen atoms in total. The number of Topliss-reactive ketones (excluding diaryl/α,β-unsaturated/α-hetero) is 1. The average molecular weight is 305 g/mol. The first-order valence-electron chi connectivity index (χ1n) is 7.98. The van der Waals surface area contributed by atoms with Gasteiger partial charge in [0.05, 0.1) is 6.54 Å². The van der Waals surface area contributed by atoms with Gasteiger partial charge in [-0.1, -0.05) is 13.8 Å². The van der Waals surface area contributed by atoms with Gasteiger partial charge in [0.25, 0.3) is 0 Å². The largest absolute Gasteiger partial charge is 0.367 e. The zero-order valence-corrected chi connectivity index (χ0v) is 13.2. The summed E-state index contributed by atoms with van der Waals surface area (Å²) >= 11 is 0. The lowest BCUT2D eigenvalue weighted by atomic mass is 9.87. The maximum atomic E-state index is 12.5. The summed E-state index contributed by atoms with van der Waals surface area (Å²) in [4.78, 5) is 30.8. The fourth-order valence-corrected chi connectivity index (χ4v) is 3.38. The quantitative estimate of drug-likeness (QED) is 0.846. The minimum atomic E-state index is -0.602. The second-order valence-corrected chi connectivity index (χ2v) is 6.50. The van der Waals surface area contributed by atoms with E-state index >= 15 is 0 Å². The van der Waals surface area contributed by atoms with E-state index in [-0.39, 0.29) is 30.7 Å². The third-order valence-corrected chi connectivity index (χ3v) is 4.65. The van der Waals surface area contributed by atoms with Gasteiger partial charge in [-0.05, 0) is 12.8 Å². The van der Waals surface area contributed by atoms with Crippen molar-refractivity contribution in [2.24, 2.45) is 0 Å². The number of nitrogens with zero attached hydrogens (tertiary/aromatic N) is 3. The topological polar surface area (TPSA) is 64.4 Å². The van der Waals surface area contributed by atoms with Crippen molar-refractivity contribution in [1.29, 1.82) is 0 Å². The Morgan fingerprint density at radius 3 is 2.91 bits per heavy atom. The first-order valence-corrected chi connectivity index (χ1v) is 7.98. The molecule has 2 fully saturated rings. The number of piperidine rings is 1. The Morgan fingerprint density at radius 2 is 2.27 bits per heavy atom. The Morgan fingerprint density at radius 1 is 1.45 bits per heavy atom. The van der Waals surface area contributed by atoms with Crippen LogP contribution in [0.4, 0.5) is 0 Å². The molecule has 2 aliphatic rings. The van der Waals surface area contributed by atoms with Crippen molar-refractivity contribution in [2.45, 2.75) is 51.2 Å². The molecule has 0 aromatic carbocycles. The Kier molecular flexibility index (Phi) is 4.04. The molecule has 1 aromatic rings. The van der Waals surface area contributed by atoms with Crippen LogP contribution in [0.15, 0.2) is 12.4 Å². The van der Waals surface area contributed by atoms with Gasteiger partial charge in [0.2, 0.25) is 5.91 Å². The van der Waals surface area contributed by atoms with Crippen LogP contribution in [0, 0.1) is 0 Å². The molecule has 0 bridgehead atoms. The number of rotatable bonds is 3. The highest BCUT2D eigenvalue weighted by atomic mass is 16.5. The molecule has 1 spiro atoms. The summed E-state index contributed by atoms with van der Waals surface area (Å²) in [5.41, 5.74) is -0.602. The van der Waals surface area contributed by atoms with Gasteiger partial charge in [0.15, 0.2) is 5.78 Å². The van der Waals surface area contributed by atoms with Crippen molar-refractivity contribution < 1.29 is 14.3 Å². The van der Waals surface area contributed by atoms with Gasteiger partial charge < -0.3 is 14.2 Å². The molecule has 0 unspecified atom stereocenters. The van der Waals surface area contributed by atoms with Crippen LogP contribution in [-0.4, -0.2) is 51.4 Å². The number of hydrogen-bond acceptors (Lipinski definition) is 4. The number of likely N-dealkylation sites (tertiary alicyclic amines) is 1. The number of ether oxygens (including phenoxy) is 1. The van der Waals surface area contributed by atoms with Crippen LogP contribution in [0.1, 0.15) is 44.9 Å². The molecule has 1 amide bonds. The Hall–Kier alpha value is -1.69. The number of carbonyl (C=O) groups excluding carboxylic acids is 2. The SMILES string of the molecule is CC(C)c1nccn1CC(=O)N1CC[C@]2(CCCO2)C(=O)C1. The van der Waals surface area contributed by atoms with Crippen LogP contribution in [0.5, 0.6) is 0 Å². The highest BCUT2D eigenvalue weighted by Crippen LogP contribution is 2.33. The lowest BCUT2D eigenvalue weighted by Gasteiger charge is -2.37. The monoisotopic (exact) mass is 305 g/mol. The van der Waals surface area contributed by atoms with Crippen LogP contribution in [0.2, 0.25) is 0 Å². The van der Waals surface area contributed by atoms with Crippen molar-refractivity contribution in [3.05, 3.63) is 18.2 Å². The van der Waals surface area contributed by atoms with E-state index in [1.54, 1.807) is 11.1 Å². The lowest BCUT2D eigenvalue weighted by Crippen LogP contribution is -2.54. The zero-order valence-electron chi connectivity index (χ0n) is 13.2. The van der Waals surface area contributed by atoms with Gasteiger partial charge in [-0.3, -0.25) is 9.59 Å². The molecule has 2 aliphatic heterocycles. The van der Waals surface area contributed by atoms with Gasteiger partial charge in [-0.15, -0.1) is 0 Å². The average Bonchev–Trinajstić information content (AvgIpc) is 3.12. The van der Waals surface area contributed by atoms with Crippen LogP contribution in [-0.2, 0) is 20.9 Å². The summed E-state index contributed by atoms with van der Waals surface area (Å²) in [6, 6.07) is 0. The number of hydrogen-bond donors (Lipinski definition) is 0. The van der Waals surface area contributed by atoms with Crippen LogP contribution in [0.25, 0.3) is 0 Å². The molecule has 0 aliphatic carbocycles. The minimum Gasteiger partial charge on any atom is -0.367 e. The molecular weight excluding hydrogens is 282 g/mol. The second-order valence-electron chi connectivity index (χ2n) is 6.50. The molecule has 2 saturated heterocycles. The fourth-order valence-electron chi connectivity index (χ4n) is 3.38. The van der Waals surface area contributed by atoms with Gasteiger partial charge in [0.1, 0.15) is 18.0 Å². The predicted octanol–water partition coefficient (Wildman–Crippen LogP) is 1.36. The highest BCUT2D eigenvalue weighted by Gasteiger charge is 2.46. The molecule has 22 heavy (non-hydrogen) atoms. The van der Waals surface area contributed by atoms with Crippen molar-refractivity contribution >= 4 is 11.7 Å². The number of imidazole rings is 1. The van der Waals surface area contributed by atoms with E-state index in [1.807, 2.05) is 10.8 Å². The summed E-state index contributed by atoms with van der Waals surface area (Å²) in [7, 11) is 0. The molecule has 0 saturated carbocycles. The van der Waals surface area contributed by atoms with Crippen molar-refractivity contribution in [2.75, 3.05) is 19.7 Å². The lowest BCUT2D eigenvalue weighted by molar-refractivity contribution is -0.153. The van der Waals surface area contributed by atoms with Crippen molar-refractivity contribution in [3.63, 3.8) is 0 Å². The Balaban J connectivity index is 1.64. The number of aromatic nitrogens is 2. The number of ketones is 1. The highest BCUT2D eigenvalue weighted by molar-refractivity contribution is 5.93. The summed E-state index contributed by atoms with van der Waals surface area (Å²) < 4.78 is 7.54. The van der Waals surface area contributed by atoms with E-state index in [2.05, 4.69) is 18.8 Å². The molecule has 0 radical (unpaired) electrons. The van der Waals surface area contributed by atoms with Crippen molar-refractivity contribution in [1.82, 2.24) is 14.5 Å². The van der Waals surface area contributed by atoms with E-state index in [9.17, 15) is 9.59 Å². The van der Waals surface area contributed by atoms with Crippen LogP contribution >= 0.6 is 0 Å². The van der Waals surface area contributed by atoms with E-state index in [4.69, 9.17) is 4.74 Å². The molecule has 0 N–H and O–H groups in total. The standard InChI is InChI=1S/C16H23N3O3/c1-12(2)15-17-6-8-19(15)11-14(21)18-7-5-16(13(20)10-18)4-3-9-22-16/h6,8,12H,3-5,7,9-11H2,1-2H3/t16-/m1/s1. The smallest absolute Gasteiger partial charge is 0.242 e. The minimum absolute atomic E-state index is 0.0268. The third-order valence-electron chi connectivity index (χ3n) is 4.65. The molecule has 1 aromatic heterocycles. The van der Waals surface area contributed by atoms with E-state index in [0.717, 1.165) is 18.7 Å². The molecule has 6 heteroatoms. The van der Waals surface area contributed by atoms with E-state index < -0.39 is 5.60 Å². The molecule has 120 valence electrons. The third kappa shape index (κ3) is 2.67. The zero-order chi connectivity index (χ0) is 15.7. The first kappa shape index (κ1) is 15.2. The van der Waals surface area contributed by atoms with E-state index in [0.29, 0.717) is 19.6 Å². The Bertz CT molecular complexity index is 573. The van der Waals surface area contributed by atoms with Gasteiger partial charge in [-0.2, -0.15) is 0 Å². The summed E-state index contributed by atoms with van der Waals surface area (Å²) in [6.07, 6.45) is 5.89. The summed E-state index contributed by atoms with van der Waals surface area (Å²) in [5.74, 6) is 1.19. The van der Waals surface area contributed by atoms with Crippen molar-refractivity contribution in [3.8, 4) is 0 Å². The van der Waals surface area contributed by atoms with Gasteiger partial charge in [-0.25, -0.2) is 4.98 Å². The molecule has 3 heterocycles. The van der Waals surface area contributed by atoms with E-state index in [1.165, 1.54) is 0 Å². The molecular formula is C16H23N3O3. The summed E-state index contributed by atoms with van der Waals surface area (Å²) in [5, 5.41) is 0. The normalized spacial score (nSPS) is 25.4. The first-order chi connectivity index (χ1) is 10.5. The molecule has 1 atom stereocenters. The second kappa shape index (κ2) is 5.83. The van der Waals surface area contributed by atoms with Crippen LogP contribution in [0.3, 0.4) is 0 Å².